The van der Waals surface area contributed by atoms with Gasteiger partial charge in [-0.05, 0) is 30.3 Å². The van der Waals surface area contributed by atoms with E-state index in [0.29, 0.717) is 12.5 Å². The molecule has 5 nitrogen and oxygen atoms in total. The Bertz CT molecular complexity index is 650. The summed E-state index contributed by atoms with van der Waals surface area (Å²) in [5.41, 5.74) is 1.06. The van der Waals surface area contributed by atoms with Crippen LogP contribution in [0.2, 0.25) is 0 Å². The van der Waals surface area contributed by atoms with E-state index in [0.717, 1.165) is 37.7 Å². The molecule has 1 aliphatic heterocycles. The van der Waals surface area contributed by atoms with Crippen molar-refractivity contribution in [1.29, 1.82) is 0 Å². The second-order valence-corrected chi connectivity index (χ2v) is 5.36. The first-order chi connectivity index (χ1) is 11.3. The third-order valence-electron chi connectivity index (χ3n) is 3.84. The molecule has 6 heteroatoms. The van der Waals surface area contributed by atoms with Crippen molar-refractivity contribution in [1.82, 2.24) is 9.97 Å². The van der Waals surface area contributed by atoms with Crippen LogP contribution in [-0.4, -0.2) is 42.7 Å². The van der Waals surface area contributed by atoms with E-state index in [1.54, 1.807) is 12.3 Å². The second kappa shape index (κ2) is 7.09. The molecule has 0 aliphatic carbocycles. The molecule has 3 rings (SSSR count). The zero-order valence-electron chi connectivity index (χ0n) is 13.0. The molecule has 1 aliphatic rings. The van der Waals surface area contributed by atoms with Crippen molar-refractivity contribution < 1.29 is 4.39 Å². The van der Waals surface area contributed by atoms with Gasteiger partial charge in [-0.1, -0.05) is 6.08 Å². The summed E-state index contributed by atoms with van der Waals surface area (Å²) in [6.45, 7) is 7.81. The molecule has 0 saturated carbocycles. The SMILES string of the molecule is C=CCNc1nccc(N2CCN(c3ccc(F)cc3)CC2)n1. The summed E-state index contributed by atoms with van der Waals surface area (Å²) in [7, 11) is 0. The number of hydrogen-bond donors (Lipinski definition) is 1. The number of hydrogen-bond acceptors (Lipinski definition) is 5. The van der Waals surface area contributed by atoms with Gasteiger partial charge in [0, 0.05) is 44.6 Å². The van der Waals surface area contributed by atoms with E-state index < -0.39 is 0 Å². The van der Waals surface area contributed by atoms with Gasteiger partial charge in [0.1, 0.15) is 11.6 Å². The summed E-state index contributed by atoms with van der Waals surface area (Å²) in [4.78, 5) is 13.2. The lowest BCUT2D eigenvalue weighted by Crippen LogP contribution is -2.46. The summed E-state index contributed by atoms with van der Waals surface area (Å²) in [6, 6.07) is 8.58. The topological polar surface area (TPSA) is 44.3 Å². The van der Waals surface area contributed by atoms with Crippen molar-refractivity contribution in [3.8, 4) is 0 Å². The van der Waals surface area contributed by atoms with E-state index in [4.69, 9.17) is 0 Å². The molecule has 1 N–H and O–H groups in total. The second-order valence-electron chi connectivity index (χ2n) is 5.36. The predicted octanol–water partition coefficient (Wildman–Crippen LogP) is 2.54. The minimum atomic E-state index is -0.201. The molecule has 0 spiro atoms. The van der Waals surface area contributed by atoms with Gasteiger partial charge in [0.2, 0.25) is 5.95 Å². The van der Waals surface area contributed by atoms with Gasteiger partial charge in [0.15, 0.2) is 0 Å². The van der Waals surface area contributed by atoms with E-state index >= 15 is 0 Å². The van der Waals surface area contributed by atoms with Gasteiger partial charge in [-0.15, -0.1) is 6.58 Å². The zero-order chi connectivity index (χ0) is 16.1. The van der Waals surface area contributed by atoms with Crippen LogP contribution in [0.1, 0.15) is 0 Å². The first-order valence-electron chi connectivity index (χ1n) is 7.69. The highest BCUT2D eigenvalue weighted by atomic mass is 19.1. The van der Waals surface area contributed by atoms with Gasteiger partial charge in [-0.2, -0.15) is 4.98 Å². The van der Waals surface area contributed by atoms with Crippen molar-refractivity contribution >= 4 is 17.5 Å². The number of rotatable bonds is 5. The van der Waals surface area contributed by atoms with Crippen LogP contribution in [-0.2, 0) is 0 Å². The maximum atomic E-state index is 13.0. The summed E-state index contributed by atoms with van der Waals surface area (Å²) in [5, 5.41) is 3.10. The first kappa shape index (κ1) is 15.3. The van der Waals surface area contributed by atoms with Gasteiger partial charge in [0.25, 0.3) is 0 Å². The molecule has 1 saturated heterocycles. The highest BCUT2D eigenvalue weighted by molar-refractivity contribution is 5.50. The van der Waals surface area contributed by atoms with E-state index in [1.165, 1.54) is 12.1 Å². The first-order valence-corrected chi connectivity index (χ1v) is 7.69. The minimum Gasteiger partial charge on any atom is -0.368 e. The standard InChI is InChI=1S/C17H20FN5/c1-2-8-19-17-20-9-7-16(21-17)23-12-10-22(11-13-23)15-5-3-14(18)4-6-15/h2-7,9H,1,8,10-13H2,(H,19,20,21). The van der Waals surface area contributed by atoms with Crippen LogP contribution >= 0.6 is 0 Å². The van der Waals surface area contributed by atoms with Crippen LogP contribution in [0.5, 0.6) is 0 Å². The molecule has 0 amide bonds. The van der Waals surface area contributed by atoms with Crippen molar-refractivity contribution in [2.24, 2.45) is 0 Å². The monoisotopic (exact) mass is 313 g/mol. The lowest BCUT2D eigenvalue weighted by Gasteiger charge is -2.36. The lowest BCUT2D eigenvalue weighted by molar-refractivity contribution is 0.624. The normalized spacial score (nSPS) is 14.7. The number of piperazine rings is 1. The summed E-state index contributed by atoms with van der Waals surface area (Å²) in [5.74, 6) is 1.33. The summed E-state index contributed by atoms with van der Waals surface area (Å²) in [6.07, 6.45) is 3.54. The largest absolute Gasteiger partial charge is 0.368 e. The Balaban J connectivity index is 1.62. The number of nitrogens with zero attached hydrogens (tertiary/aromatic N) is 4. The van der Waals surface area contributed by atoms with E-state index in [1.807, 2.05) is 18.2 Å². The molecule has 120 valence electrons. The smallest absolute Gasteiger partial charge is 0.224 e. The van der Waals surface area contributed by atoms with Crippen molar-refractivity contribution in [3.05, 3.63) is 55.0 Å². The van der Waals surface area contributed by atoms with Crippen molar-refractivity contribution in [2.45, 2.75) is 0 Å². The Morgan fingerprint density at radius 2 is 1.78 bits per heavy atom. The highest BCUT2D eigenvalue weighted by Crippen LogP contribution is 2.20. The van der Waals surface area contributed by atoms with Crippen molar-refractivity contribution in [3.63, 3.8) is 0 Å². The Hall–Kier alpha value is -2.63. The minimum absolute atomic E-state index is 0.201. The molecule has 2 aromatic rings. The van der Waals surface area contributed by atoms with Crippen LogP contribution in [0.15, 0.2) is 49.2 Å². The Labute approximate surface area is 135 Å². The van der Waals surface area contributed by atoms with Crippen molar-refractivity contribution in [2.75, 3.05) is 47.8 Å². The van der Waals surface area contributed by atoms with Gasteiger partial charge in [0.05, 0.1) is 0 Å². The number of halogens is 1. The Kier molecular flexibility index (Phi) is 4.71. The maximum absolute atomic E-state index is 13.0. The van der Waals surface area contributed by atoms with Gasteiger partial charge in [-0.3, -0.25) is 0 Å². The number of anilines is 3. The molecule has 0 atom stereocenters. The quantitative estimate of drug-likeness (QED) is 0.860. The number of benzene rings is 1. The molecule has 23 heavy (non-hydrogen) atoms. The Morgan fingerprint density at radius 3 is 2.48 bits per heavy atom. The molecule has 0 radical (unpaired) electrons. The van der Waals surface area contributed by atoms with Gasteiger partial charge in [-0.25, -0.2) is 9.37 Å². The fourth-order valence-electron chi connectivity index (χ4n) is 2.62. The van der Waals surface area contributed by atoms with Crippen LogP contribution in [0, 0.1) is 5.82 Å². The molecular weight excluding hydrogens is 293 g/mol. The van der Waals surface area contributed by atoms with E-state index in [2.05, 4.69) is 31.7 Å². The third-order valence-corrected chi connectivity index (χ3v) is 3.84. The van der Waals surface area contributed by atoms with Crippen LogP contribution in [0.3, 0.4) is 0 Å². The Morgan fingerprint density at radius 1 is 1.09 bits per heavy atom. The zero-order valence-corrected chi connectivity index (χ0v) is 13.0. The molecule has 0 unspecified atom stereocenters. The average molecular weight is 313 g/mol. The van der Waals surface area contributed by atoms with E-state index in [9.17, 15) is 4.39 Å². The molecule has 1 aromatic heterocycles. The average Bonchev–Trinajstić information content (AvgIpc) is 2.61. The molecule has 0 bridgehead atoms. The molecular formula is C17H20FN5. The fraction of sp³-hybridized carbons (Fsp3) is 0.294. The number of aromatic nitrogens is 2. The van der Waals surface area contributed by atoms with Crippen LogP contribution in [0.4, 0.5) is 21.8 Å². The molecule has 1 aromatic carbocycles. The highest BCUT2D eigenvalue weighted by Gasteiger charge is 2.18. The maximum Gasteiger partial charge on any atom is 0.224 e. The summed E-state index contributed by atoms with van der Waals surface area (Å²) >= 11 is 0. The lowest BCUT2D eigenvalue weighted by atomic mass is 10.2. The fourth-order valence-corrected chi connectivity index (χ4v) is 2.62. The molecule has 2 heterocycles. The number of nitrogens with one attached hydrogen (secondary N) is 1. The van der Waals surface area contributed by atoms with Gasteiger partial charge < -0.3 is 15.1 Å². The summed E-state index contributed by atoms with van der Waals surface area (Å²) < 4.78 is 13.0. The van der Waals surface area contributed by atoms with Gasteiger partial charge >= 0.3 is 0 Å². The van der Waals surface area contributed by atoms with Crippen LogP contribution in [0.25, 0.3) is 0 Å². The third kappa shape index (κ3) is 3.77. The predicted molar refractivity (Wildman–Crippen MR) is 91.5 cm³/mol. The van der Waals surface area contributed by atoms with Crippen LogP contribution < -0.4 is 15.1 Å². The molecule has 1 fully saturated rings. The van der Waals surface area contributed by atoms with E-state index in [-0.39, 0.29) is 5.82 Å².